The second-order valence-corrected chi connectivity index (χ2v) is 2.52. The number of allylic oxidation sites excluding steroid dienone is 2. The Morgan fingerprint density at radius 3 is 2.64 bits per heavy atom. The maximum absolute atomic E-state index is 8.98. The lowest BCUT2D eigenvalue weighted by atomic mass is 10.2. The third kappa shape index (κ3) is 2.27. The Hall–Kier alpha value is -0.960. The van der Waals surface area contributed by atoms with Crippen LogP contribution in [-0.4, -0.2) is 25.2 Å². The summed E-state index contributed by atoms with van der Waals surface area (Å²) in [4.78, 5) is 0. The second-order valence-electron chi connectivity index (χ2n) is 2.52. The number of hydrogen-bond donors (Lipinski definition) is 3. The Bertz CT molecular complexity index is 185. The zero-order valence-corrected chi connectivity index (χ0v) is 6.72. The van der Waals surface area contributed by atoms with E-state index in [0.29, 0.717) is 5.76 Å². The molecule has 0 fully saturated rings. The molecular formula is C8H14N2O. The van der Waals surface area contributed by atoms with Crippen LogP contribution in [0.3, 0.4) is 0 Å². The summed E-state index contributed by atoms with van der Waals surface area (Å²) in [6.45, 7) is 1.91. The summed E-state index contributed by atoms with van der Waals surface area (Å²) in [7, 11) is 1.93. The van der Waals surface area contributed by atoms with Crippen LogP contribution in [0.5, 0.6) is 0 Å². The van der Waals surface area contributed by atoms with Crippen LogP contribution in [0.25, 0.3) is 0 Å². The molecule has 0 saturated carbocycles. The van der Waals surface area contributed by atoms with E-state index in [1.165, 1.54) is 0 Å². The van der Waals surface area contributed by atoms with E-state index >= 15 is 0 Å². The Morgan fingerprint density at radius 2 is 2.18 bits per heavy atom. The molecule has 62 valence electrons. The molecule has 1 aliphatic carbocycles. The van der Waals surface area contributed by atoms with Crippen molar-refractivity contribution in [3.63, 3.8) is 0 Å². The predicted molar refractivity (Wildman–Crippen MR) is 45.3 cm³/mol. The summed E-state index contributed by atoms with van der Waals surface area (Å²) < 4.78 is 0. The van der Waals surface area contributed by atoms with Crippen molar-refractivity contribution in [2.24, 2.45) is 0 Å². The zero-order chi connectivity index (χ0) is 8.10. The molecule has 0 spiro atoms. The van der Waals surface area contributed by atoms with Crippen LogP contribution in [0.15, 0.2) is 23.6 Å². The van der Waals surface area contributed by atoms with Gasteiger partial charge in [0.1, 0.15) is 5.76 Å². The van der Waals surface area contributed by atoms with E-state index in [1.807, 2.05) is 13.1 Å². The van der Waals surface area contributed by atoms with Gasteiger partial charge in [0.25, 0.3) is 0 Å². The van der Waals surface area contributed by atoms with Crippen LogP contribution in [0.4, 0.5) is 0 Å². The number of aliphatic hydroxyl groups is 1. The first-order valence-electron chi connectivity index (χ1n) is 3.84. The van der Waals surface area contributed by atoms with Crippen molar-refractivity contribution >= 4 is 0 Å². The molecule has 0 heterocycles. The van der Waals surface area contributed by atoms with Crippen LogP contribution in [0, 0.1) is 0 Å². The van der Waals surface area contributed by atoms with Gasteiger partial charge in [-0.3, -0.25) is 0 Å². The summed E-state index contributed by atoms with van der Waals surface area (Å²) >= 11 is 0. The average molecular weight is 154 g/mol. The minimum Gasteiger partial charge on any atom is -0.506 e. The maximum atomic E-state index is 8.98. The third-order valence-corrected chi connectivity index (χ3v) is 1.60. The Kier molecular flexibility index (Phi) is 2.98. The molecule has 3 heteroatoms. The fourth-order valence-corrected chi connectivity index (χ4v) is 0.879. The van der Waals surface area contributed by atoms with Crippen LogP contribution >= 0.6 is 0 Å². The molecule has 0 aromatic heterocycles. The Morgan fingerprint density at radius 1 is 1.36 bits per heavy atom. The van der Waals surface area contributed by atoms with E-state index in [9.17, 15) is 0 Å². The van der Waals surface area contributed by atoms with Crippen molar-refractivity contribution in [1.29, 1.82) is 0 Å². The molecular weight excluding hydrogens is 140 g/mol. The molecule has 0 unspecified atom stereocenters. The first kappa shape index (κ1) is 8.14. The highest BCUT2D eigenvalue weighted by atomic mass is 16.3. The SMILES string of the molecule is CNCCCNC1=C(O)C=C1. The van der Waals surface area contributed by atoms with Gasteiger partial charge in [-0.25, -0.2) is 0 Å². The highest BCUT2D eigenvalue weighted by molar-refractivity contribution is 5.38. The van der Waals surface area contributed by atoms with Gasteiger partial charge in [0.15, 0.2) is 0 Å². The topological polar surface area (TPSA) is 44.3 Å². The lowest BCUT2D eigenvalue weighted by molar-refractivity contribution is 0.413. The van der Waals surface area contributed by atoms with Crippen molar-refractivity contribution in [1.82, 2.24) is 10.6 Å². The first-order valence-corrected chi connectivity index (χ1v) is 3.84. The predicted octanol–water partition coefficient (Wildman–Crippen LogP) is 0.525. The third-order valence-electron chi connectivity index (χ3n) is 1.60. The monoisotopic (exact) mass is 154 g/mol. The normalized spacial score (nSPS) is 15.0. The molecule has 1 aliphatic rings. The van der Waals surface area contributed by atoms with Gasteiger partial charge in [-0.2, -0.15) is 0 Å². The summed E-state index contributed by atoms with van der Waals surface area (Å²) in [5.74, 6) is 0.370. The number of nitrogens with one attached hydrogen (secondary N) is 2. The van der Waals surface area contributed by atoms with Gasteiger partial charge in [0.2, 0.25) is 0 Å². The van der Waals surface area contributed by atoms with E-state index in [1.54, 1.807) is 6.08 Å². The molecule has 0 aromatic carbocycles. The Balaban J connectivity index is 2.00. The van der Waals surface area contributed by atoms with Gasteiger partial charge >= 0.3 is 0 Å². The molecule has 0 radical (unpaired) electrons. The fraction of sp³-hybridized carbons (Fsp3) is 0.500. The summed E-state index contributed by atoms with van der Waals surface area (Å²) in [5.41, 5.74) is 0.862. The van der Waals surface area contributed by atoms with Crippen molar-refractivity contribution < 1.29 is 5.11 Å². The molecule has 0 aromatic rings. The van der Waals surface area contributed by atoms with Gasteiger partial charge in [-0.15, -0.1) is 0 Å². The fourth-order valence-electron chi connectivity index (χ4n) is 0.879. The van der Waals surface area contributed by atoms with Crippen molar-refractivity contribution in [3.8, 4) is 0 Å². The Labute approximate surface area is 66.8 Å². The van der Waals surface area contributed by atoms with Crippen LogP contribution < -0.4 is 10.6 Å². The second kappa shape index (κ2) is 4.03. The highest BCUT2D eigenvalue weighted by Crippen LogP contribution is 2.11. The summed E-state index contributed by atoms with van der Waals surface area (Å²) in [6, 6.07) is 0. The van der Waals surface area contributed by atoms with E-state index < -0.39 is 0 Å². The lowest BCUT2D eigenvalue weighted by Crippen LogP contribution is -2.21. The van der Waals surface area contributed by atoms with Gasteiger partial charge < -0.3 is 15.7 Å². The smallest absolute Gasteiger partial charge is 0.138 e. The minimum atomic E-state index is 0.370. The lowest BCUT2D eigenvalue weighted by Gasteiger charge is -2.13. The van der Waals surface area contributed by atoms with Crippen molar-refractivity contribution in [2.75, 3.05) is 20.1 Å². The summed E-state index contributed by atoms with van der Waals surface area (Å²) in [6.07, 6.45) is 4.62. The van der Waals surface area contributed by atoms with Crippen LogP contribution in [-0.2, 0) is 0 Å². The van der Waals surface area contributed by atoms with E-state index in [2.05, 4.69) is 10.6 Å². The molecule has 11 heavy (non-hydrogen) atoms. The van der Waals surface area contributed by atoms with Crippen LogP contribution in [0.1, 0.15) is 6.42 Å². The largest absolute Gasteiger partial charge is 0.506 e. The van der Waals surface area contributed by atoms with E-state index in [4.69, 9.17) is 5.11 Å². The van der Waals surface area contributed by atoms with E-state index in [-0.39, 0.29) is 0 Å². The highest BCUT2D eigenvalue weighted by Gasteiger charge is 2.05. The van der Waals surface area contributed by atoms with Gasteiger partial charge in [0, 0.05) is 6.54 Å². The first-order chi connectivity index (χ1) is 5.34. The minimum absolute atomic E-state index is 0.370. The maximum Gasteiger partial charge on any atom is 0.138 e. The van der Waals surface area contributed by atoms with E-state index in [0.717, 1.165) is 25.2 Å². The average Bonchev–Trinajstić information content (AvgIpc) is 2.02. The quantitative estimate of drug-likeness (QED) is 0.506. The number of aliphatic hydroxyl groups excluding tert-OH is 1. The number of hydrogen-bond acceptors (Lipinski definition) is 3. The standard InChI is InChI=1S/C8H14N2O/c1-9-5-2-6-10-7-3-4-8(7)11/h3-4,9-11H,2,5-6H2,1H3. The molecule has 1 rings (SSSR count). The van der Waals surface area contributed by atoms with Gasteiger partial charge in [0.05, 0.1) is 5.70 Å². The molecule has 0 amide bonds. The van der Waals surface area contributed by atoms with Crippen molar-refractivity contribution in [2.45, 2.75) is 6.42 Å². The molecule has 0 atom stereocenters. The molecule has 0 saturated heterocycles. The van der Waals surface area contributed by atoms with Crippen molar-refractivity contribution in [3.05, 3.63) is 23.6 Å². The van der Waals surface area contributed by atoms with Gasteiger partial charge in [-0.1, -0.05) is 0 Å². The molecule has 0 aliphatic heterocycles. The molecule has 3 N–H and O–H groups in total. The zero-order valence-electron chi connectivity index (χ0n) is 6.72. The number of rotatable bonds is 5. The van der Waals surface area contributed by atoms with Gasteiger partial charge in [-0.05, 0) is 32.2 Å². The molecule has 3 nitrogen and oxygen atoms in total. The summed E-state index contributed by atoms with van der Waals surface area (Å²) in [5, 5.41) is 15.1. The van der Waals surface area contributed by atoms with Crippen LogP contribution in [0.2, 0.25) is 0 Å². The molecule has 0 bridgehead atoms.